The fourth-order valence-corrected chi connectivity index (χ4v) is 5.57. The quantitative estimate of drug-likeness (QED) is 0.127. The van der Waals surface area contributed by atoms with Crippen molar-refractivity contribution in [1.29, 1.82) is 0 Å². The van der Waals surface area contributed by atoms with Gasteiger partial charge in [-0.25, -0.2) is 4.98 Å². The number of aromatic nitrogens is 4. The number of nitrogens with zero attached hydrogens (tertiary/aromatic N) is 4. The van der Waals surface area contributed by atoms with E-state index in [1.54, 1.807) is 12.4 Å². The van der Waals surface area contributed by atoms with E-state index in [1.165, 1.54) is 43.1 Å². The molecule has 211 valence electrons. The van der Waals surface area contributed by atoms with Gasteiger partial charge in [0, 0.05) is 45.6 Å². The number of hydrogen-bond donors (Lipinski definition) is 0. The Bertz CT molecular complexity index is 2070. The second-order valence-electron chi connectivity index (χ2n) is 11.2. The van der Waals surface area contributed by atoms with E-state index >= 15 is 0 Å². The Morgan fingerprint density at radius 2 is 0.767 bits per heavy atom. The van der Waals surface area contributed by atoms with E-state index in [1.807, 2.05) is 18.3 Å². The summed E-state index contributed by atoms with van der Waals surface area (Å²) in [4.78, 5) is 18.7. The standard InChI is InChI=1S/C20H18N2.C16H10N2.Mn.2O/c1-20(2,3)17-12-21-18-15-10-6-4-8-13(15)14-9-5-7-11-16(14)19(18)22-17;1-3-7-13-11(5-1)12-6-2-4-8-14(12)16-15(13)17-9-10-18-16;;;/h4-12H,1-3H3;1-10H;;;. The van der Waals surface area contributed by atoms with Crippen LogP contribution in [-0.2, 0) is 27.9 Å². The SMILES string of the molecule is CC(C)(C)c1cnc2c3ccccc3c3ccccc3c2n1.[O]=[Mn]=[O].c1ccc2c(c1)c1ccccc1c1nccnc21. The smallest absolute Gasteiger partial charge is 0.0971 e. The Kier molecular flexibility index (Phi) is 7.76. The average molecular weight is 604 g/mol. The van der Waals surface area contributed by atoms with Gasteiger partial charge in [0.05, 0.1) is 27.8 Å². The van der Waals surface area contributed by atoms with Gasteiger partial charge in [0.1, 0.15) is 0 Å². The van der Waals surface area contributed by atoms with Crippen molar-refractivity contribution in [2.24, 2.45) is 0 Å². The van der Waals surface area contributed by atoms with E-state index in [-0.39, 0.29) is 5.41 Å². The van der Waals surface area contributed by atoms with Gasteiger partial charge in [0.2, 0.25) is 0 Å². The summed E-state index contributed by atoms with van der Waals surface area (Å²) >= 11 is -1.44. The molecule has 6 aromatic carbocycles. The topological polar surface area (TPSA) is 85.7 Å². The van der Waals surface area contributed by atoms with Crippen LogP contribution < -0.4 is 0 Å². The van der Waals surface area contributed by atoms with E-state index in [9.17, 15) is 0 Å². The molecule has 2 heterocycles. The number of rotatable bonds is 0. The zero-order valence-electron chi connectivity index (χ0n) is 24.0. The second kappa shape index (κ2) is 11.8. The van der Waals surface area contributed by atoms with Gasteiger partial charge in [-0.05, 0) is 21.5 Å². The summed E-state index contributed by atoms with van der Waals surface area (Å²) < 4.78 is 16.8. The minimum Gasteiger partial charge on any atom is -0.252 e. The first-order valence-corrected chi connectivity index (χ1v) is 14.8. The summed E-state index contributed by atoms with van der Waals surface area (Å²) in [6.45, 7) is 6.52. The summed E-state index contributed by atoms with van der Waals surface area (Å²) in [7, 11) is 0. The van der Waals surface area contributed by atoms with Crippen LogP contribution in [0.5, 0.6) is 0 Å². The fraction of sp³-hybridized carbons (Fsp3) is 0.111. The first-order chi connectivity index (χ1) is 20.9. The molecule has 0 amide bonds. The van der Waals surface area contributed by atoms with Crippen molar-refractivity contribution in [3.05, 3.63) is 121 Å². The molecule has 0 aliphatic rings. The summed E-state index contributed by atoms with van der Waals surface area (Å²) in [5, 5.41) is 9.63. The molecule has 2 aromatic heterocycles. The van der Waals surface area contributed by atoms with Gasteiger partial charge in [0.25, 0.3) is 0 Å². The van der Waals surface area contributed by atoms with Crippen LogP contribution in [0, 0.1) is 0 Å². The molecule has 43 heavy (non-hydrogen) atoms. The largest absolute Gasteiger partial charge is 0.252 e. The summed E-state index contributed by atoms with van der Waals surface area (Å²) in [5.41, 5.74) is 4.97. The van der Waals surface area contributed by atoms with Gasteiger partial charge in [0.15, 0.2) is 0 Å². The fourth-order valence-electron chi connectivity index (χ4n) is 5.57. The van der Waals surface area contributed by atoms with Crippen molar-refractivity contribution in [3.63, 3.8) is 0 Å². The molecule has 0 radical (unpaired) electrons. The number of benzene rings is 6. The molecule has 0 bridgehead atoms. The molecule has 0 saturated heterocycles. The van der Waals surface area contributed by atoms with E-state index in [0.717, 1.165) is 27.8 Å². The van der Waals surface area contributed by atoms with E-state index in [4.69, 9.17) is 17.6 Å². The van der Waals surface area contributed by atoms with Crippen molar-refractivity contribution in [1.82, 2.24) is 19.9 Å². The van der Waals surface area contributed by atoms with E-state index in [0.29, 0.717) is 0 Å². The predicted octanol–water partition coefficient (Wildman–Crippen LogP) is 8.93. The minimum absolute atomic E-state index is 0.00601. The van der Waals surface area contributed by atoms with Gasteiger partial charge in [-0.2, -0.15) is 0 Å². The Balaban J connectivity index is 0.000000143. The predicted molar refractivity (Wildman–Crippen MR) is 169 cm³/mol. The van der Waals surface area contributed by atoms with Gasteiger partial charge < -0.3 is 0 Å². The summed E-state index contributed by atoms with van der Waals surface area (Å²) in [6, 6.07) is 33.6. The molecule has 0 spiro atoms. The molecule has 0 saturated carbocycles. The summed E-state index contributed by atoms with van der Waals surface area (Å²) in [5.74, 6) is 0. The maximum absolute atomic E-state index is 8.41. The monoisotopic (exact) mass is 603 g/mol. The molecule has 0 unspecified atom stereocenters. The average Bonchev–Trinajstić information content (AvgIpc) is 3.05. The second-order valence-corrected chi connectivity index (χ2v) is 11.4. The van der Waals surface area contributed by atoms with Crippen molar-refractivity contribution >= 4 is 65.2 Å². The van der Waals surface area contributed by atoms with Crippen LogP contribution in [0.15, 0.2) is 116 Å². The molecule has 0 atom stereocenters. The van der Waals surface area contributed by atoms with Crippen molar-refractivity contribution in [2.45, 2.75) is 26.2 Å². The van der Waals surface area contributed by atoms with Crippen molar-refractivity contribution in [3.8, 4) is 0 Å². The van der Waals surface area contributed by atoms with Crippen LogP contribution in [0.3, 0.4) is 0 Å². The third-order valence-corrected chi connectivity index (χ3v) is 7.55. The van der Waals surface area contributed by atoms with Crippen molar-refractivity contribution in [2.75, 3.05) is 0 Å². The Morgan fingerprint density at radius 3 is 1.12 bits per heavy atom. The van der Waals surface area contributed by atoms with Crippen LogP contribution in [0.25, 0.3) is 65.2 Å². The first kappa shape index (κ1) is 28.3. The first-order valence-electron chi connectivity index (χ1n) is 13.9. The van der Waals surface area contributed by atoms with E-state index in [2.05, 4.69) is 116 Å². The molecule has 7 heteroatoms. The number of hydrogen-bond acceptors (Lipinski definition) is 6. The Labute approximate surface area is 254 Å². The number of fused-ring (bicyclic) bond motifs is 12. The summed E-state index contributed by atoms with van der Waals surface area (Å²) in [6.07, 6.45) is 5.43. The van der Waals surface area contributed by atoms with Crippen molar-refractivity contribution < 1.29 is 22.5 Å². The molecule has 8 aromatic rings. The molecule has 0 aliphatic carbocycles. The Morgan fingerprint density at radius 1 is 0.465 bits per heavy atom. The molecule has 0 aliphatic heterocycles. The van der Waals surface area contributed by atoms with Gasteiger partial charge in [-0.15, -0.1) is 0 Å². The normalized spacial score (nSPS) is 11.3. The molecule has 6 nitrogen and oxygen atoms in total. The zero-order valence-corrected chi connectivity index (χ0v) is 25.1. The van der Waals surface area contributed by atoms with Crippen LogP contribution >= 0.6 is 0 Å². The zero-order chi connectivity index (χ0) is 30.0. The molecular formula is C36H28MnN4O2. The third kappa shape index (κ3) is 5.29. The minimum atomic E-state index is -1.44. The van der Waals surface area contributed by atoms with Gasteiger partial charge in [-0.3, -0.25) is 15.0 Å². The maximum atomic E-state index is 8.41. The van der Waals surface area contributed by atoms with Crippen LogP contribution in [-0.4, -0.2) is 19.9 Å². The van der Waals surface area contributed by atoms with Crippen LogP contribution in [0.1, 0.15) is 26.5 Å². The van der Waals surface area contributed by atoms with Gasteiger partial charge >= 0.3 is 22.5 Å². The Hall–Kier alpha value is -4.84. The molecule has 8 rings (SSSR count). The van der Waals surface area contributed by atoms with Gasteiger partial charge in [-0.1, -0.05) is 118 Å². The molecule has 0 fully saturated rings. The van der Waals surface area contributed by atoms with Crippen LogP contribution in [0.2, 0.25) is 0 Å². The maximum Gasteiger partial charge on any atom is 0.0971 e. The third-order valence-electron chi connectivity index (χ3n) is 7.55. The van der Waals surface area contributed by atoms with Crippen LogP contribution in [0.4, 0.5) is 0 Å². The molecular weight excluding hydrogens is 575 g/mol. The molecule has 0 N–H and O–H groups in total. The van der Waals surface area contributed by atoms with E-state index < -0.39 is 14.8 Å².